The molecule has 1 saturated carbocycles. The monoisotopic (exact) mass is 266 g/mol. The van der Waals surface area contributed by atoms with Crippen LogP contribution in [0.1, 0.15) is 19.8 Å². The second kappa shape index (κ2) is 6.02. The standard InChI is InChI=1S/C14H19FN2O2/c1-2-17(13-6-4-3-5-11(13)15)9-12(14(18)19)16-10-7-8-10/h3-6,10,12,16H,2,7-9H2,1H3,(H,18,19). The Labute approximate surface area is 112 Å². The molecular weight excluding hydrogens is 247 g/mol. The van der Waals surface area contributed by atoms with Gasteiger partial charge < -0.3 is 15.3 Å². The maximum absolute atomic E-state index is 13.7. The van der Waals surface area contributed by atoms with Gasteiger partial charge in [0.15, 0.2) is 0 Å². The molecule has 104 valence electrons. The van der Waals surface area contributed by atoms with Gasteiger partial charge in [0.2, 0.25) is 0 Å². The molecule has 0 amide bonds. The topological polar surface area (TPSA) is 52.6 Å². The summed E-state index contributed by atoms with van der Waals surface area (Å²) < 4.78 is 13.7. The lowest BCUT2D eigenvalue weighted by Gasteiger charge is -2.27. The minimum atomic E-state index is -0.887. The number of para-hydroxylation sites is 1. The SMILES string of the molecule is CCN(CC(NC1CC1)C(=O)O)c1ccccc1F. The Hall–Kier alpha value is -1.62. The van der Waals surface area contributed by atoms with Crippen molar-refractivity contribution in [1.82, 2.24) is 5.32 Å². The third kappa shape index (κ3) is 3.67. The number of carboxylic acid groups (broad SMARTS) is 1. The third-order valence-electron chi connectivity index (χ3n) is 3.29. The smallest absolute Gasteiger partial charge is 0.322 e. The van der Waals surface area contributed by atoms with Gasteiger partial charge in [0, 0.05) is 19.1 Å². The summed E-state index contributed by atoms with van der Waals surface area (Å²) in [6.45, 7) is 2.73. The van der Waals surface area contributed by atoms with Crippen LogP contribution in [0.25, 0.3) is 0 Å². The van der Waals surface area contributed by atoms with E-state index in [0.29, 0.717) is 18.3 Å². The van der Waals surface area contributed by atoms with E-state index in [1.165, 1.54) is 6.07 Å². The first-order chi connectivity index (χ1) is 9.11. The molecule has 0 heterocycles. The minimum Gasteiger partial charge on any atom is -0.480 e. The van der Waals surface area contributed by atoms with Crippen LogP contribution in [-0.2, 0) is 4.79 Å². The fourth-order valence-electron chi connectivity index (χ4n) is 2.06. The van der Waals surface area contributed by atoms with Gasteiger partial charge in [-0.05, 0) is 31.9 Å². The lowest BCUT2D eigenvalue weighted by atomic mass is 10.2. The molecule has 1 atom stereocenters. The highest BCUT2D eigenvalue weighted by molar-refractivity contribution is 5.74. The molecule has 0 aliphatic heterocycles. The van der Waals surface area contributed by atoms with Gasteiger partial charge in [-0.3, -0.25) is 4.79 Å². The first-order valence-corrected chi connectivity index (χ1v) is 6.60. The number of aliphatic carboxylic acids is 1. The average molecular weight is 266 g/mol. The first kappa shape index (κ1) is 13.8. The van der Waals surface area contributed by atoms with Crippen LogP contribution >= 0.6 is 0 Å². The summed E-state index contributed by atoms with van der Waals surface area (Å²) in [4.78, 5) is 13.0. The zero-order valence-corrected chi connectivity index (χ0v) is 11.0. The molecule has 1 aromatic carbocycles. The second-order valence-electron chi connectivity index (χ2n) is 4.82. The summed E-state index contributed by atoms with van der Waals surface area (Å²) in [5, 5.41) is 12.3. The molecule has 1 aliphatic rings. The zero-order valence-electron chi connectivity index (χ0n) is 11.0. The van der Waals surface area contributed by atoms with Gasteiger partial charge in [-0.25, -0.2) is 4.39 Å². The van der Waals surface area contributed by atoms with E-state index < -0.39 is 12.0 Å². The van der Waals surface area contributed by atoms with E-state index in [1.54, 1.807) is 23.1 Å². The number of hydrogen-bond donors (Lipinski definition) is 2. The number of likely N-dealkylation sites (N-methyl/N-ethyl adjacent to an activating group) is 1. The van der Waals surface area contributed by atoms with Crippen molar-refractivity contribution >= 4 is 11.7 Å². The number of hydrogen-bond acceptors (Lipinski definition) is 3. The largest absolute Gasteiger partial charge is 0.480 e. The van der Waals surface area contributed by atoms with Crippen LogP contribution in [0.5, 0.6) is 0 Å². The number of halogens is 1. The molecule has 1 aromatic rings. The van der Waals surface area contributed by atoms with Crippen molar-refractivity contribution in [3.63, 3.8) is 0 Å². The fraction of sp³-hybridized carbons (Fsp3) is 0.500. The summed E-state index contributed by atoms with van der Waals surface area (Å²) in [7, 11) is 0. The Morgan fingerprint density at radius 3 is 2.74 bits per heavy atom. The van der Waals surface area contributed by atoms with Crippen LogP contribution < -0.4 is 10.2 Å². The van der Waals surface area contributed by atoms with Gasteiger partial charge >= 0.3 is 5.97 Å². The summed E-state index contributed by atoms with van der Waals surface area (Å²) in [5.74, 6) is -1.21. The Kier molecular flexibility index (Phi) is 4.37. The predicted molar refractivity (Wildman–Crippen MR) is 71.9 cm³/mol. The molecule has 0 saturated heterocycles. The summed E-state index contributed by atoms with van der Waals surface area (Å²) in [5.41, 5.74) is 0.453. The predicted octanol–water partition coefficient (Wildman–Crippen LogP) is 1.86. The van der Waals surface area contributed by atoms with Crippen molar-refractivity contribution in [1.29, 1.82) is 0 Å². The van der Waals surface area contributed by atoms with E-state index in [0.717, 1.165) is 12.8 Å². The van der Waals surface area contributed by atoms with Gasteiger partial charge in [0.1, 0.15) is 11.9 Å². The van der Waals surface area contributed by atoms with Gasteiger partial charge in [-0.15, -0.1) is 0 Å². The summed E-state index contributed by atoms with van der Waals surface area (Å²) in [6.07, 6.45) is 2.05. The van der Waals surface area contributed by atoms with E-state index in [-0.39, 0.29) is 12.4 Å². The molecule has 1 aliphatic carbocycles. The van der Waals surface area contributed by atoms with Gasteiger partial charge in [-0.2, -0.15) is 0 Å². The molecule has 2 rings (SSSR count). The van der Waals surface area contributed by atoms with E-state index in [1.807, 2.05) is 6.92 Å². The Morgan fingerprint density at radius 2 is 2.21 bits per heavy atom. The molecule has 5 heteroatoms. The summed E-state index contributed by atoms with van der Waals surface area (Å²) in [6, 6.07) is 6.10. The fourth-order valence-corrected chi connectivity index (χ4v) is 2.06. The van der Waals surface area contributed by atoms with E-state index in [4.69, 9.17) is 0 Å². The molecule has 1 unspecified atom stereocenters. The highest BCUT2D eigenvalue weighted by Gasteiger charge is 2.29. The van der Waals surface area contributed by atoms with Crippen LogP contribution in [-0.4, -0.2) is 36.2 Å². The normalized spacial score (nSPS) is 16.1. The van der Waals surface area contributed by atoms with Crippen molar-refractivity contribution in [3.8, 4) is 0 Å². The molecular formula is C14H19FN2O2. The van der Waals surface area contributed by atoms with E-state index in [9.17, 15) is 14.3 Å². The highest BCUT2D eigenvalue weighted by Crippen LogP contribution is 2.22. The Balaban J connectivity index is 2.08. The van der Waals surface area contributed by atoms with Crippen molar-refractivity contribution in [3.05, 3.63) is 30.1 Å². The molecule has 19 heavy (non-hydrogen) atoms. The van der Waals surface area contributed by atoms with Crippen LogP contribution in [0.3, 0.4) is 0 Å². The summed E-state index contributed by atoms with van der Waals surface area (Å²) >= 11 is 0. The van der Waals surface area contributed by atoms with Gasteiger partial charge in [0.25, 0.3) is 0 Å². The highest BCUT2D eigenvalue weighted by atomic mass is 19.1. The van der Waals surface area contributed by atoms with Crippen molar-refractivity contribution < 1.29 is 14.3 Å². The van der Waals surface area contributed by atoms with Crippen LogP contribution in [0.4, 0.5) is 10.1 Å². The zero-order chi connectivity index (χ0) is 13.8. The molecule has 4 nitrogen and oxygen atoms in total. The number of nitrogens with one attached hydrogen (secondary N) is 1. The van der Waals surface area contributed by atoms with Crippen molar-refractivity contribution in [2.24, 2.45) is 0 Å². The number of carbonyl (C=O) groups is 1. The van der Waals surface area contributed by atoms with E-state index in [2.05, 4.69) is 5.32 Å². The molecule has 1 fully saturated rings. The van der Waals surface area contributed by atoms with Crippen LogP contribution in [0.15, 0.2) is 24.3 Å². The first-order valence-electron chi connectivity index (χ1n) is 6.60. The lowest BCUT2D eigenvalue weighted by Crippen LogP contribution is -2.47. The molecule has 2 N–H and O–H groups in total. The van der Waals surface area contributed by atoms with Crippen LogP contribution in [0, 0.1) is 5.82 Å². The van der Waals surface area contributed by atoms with Gasteiger partial charge in [-0.1, -0.05) is 12.1 Å². The third-order valence-corrected chi connectivity index (χ3v) is 3.29. The average Bonchev–Trinajstić information content (AvgIpc) is 3.19. The minimum absolute atomic E-state index is 0.267. The number of rotatable bonds is 7. The van der Waals surface area contributed by atoms with Crippen LogP contribution in [0.2, 0.25) is 0 Å². The van der Waals surface area contributed by atoms with E-state index >= 15 is 0 Å². The lowest BCUT2D eigenvalue weighted by molar-refractivity contribution is -0.139. The number of carboxylic acids is 1. The number of nitrogens with zero attached hydrogens (tertiary/aromatic N) is 1. The second-order valence-corrected chi connectivity index (χ2v) is 4.82. The van der Waals surface area contributed by atoms with Gasteiger partial charge in [0.05, 0.1) is 5.69 Å². The molecule has 0 aromatic heterocycles. The quantitative estimate of drug-likeness (QED) is 0.791. The van der Waals surface area contributed by atoms with Crippen molar-refractivity contribution in [2.75, 3.05) is 18.0 Å². The Morgan fingerprint density at radius 1 is 1.53 bits per heavy atom. The maximum atomic E-state index is 13.7. The molecule has 0 bridgehead atoms. The molecule has 0 spiro atoms. The number of anilines is 1. The maximum Gasteiger partial charge on any atom is 0.322 e. The molecule has 0 radical (unpaired) electrons. The Bertz CT molecular complexity index is 449. The number of benzene rings is 1. The van der Waals surface area contributed by atoms with Crippen molar-refractivity contribution in [2.45, 2.75) is 31.8 Å².